The quantitative estimate of drug-likeness (QED) is 0.616. The molecule has 2 aliphatic rings. The molecule has 30 heavy (non-hydrogen) atoms. The Hall–Kier alpha value is -2.04. The highest BCUT2D eigenvalue weighted by Crippen LogP contribution is 2.43. The SMILES string of the molecule is CCC1(CCCCN2CCN(c3ccc(C)c(Cl)c3)CC2)C(=O)Nc2ccccc21. The van der Waals surface area contributed by atoms with E-state index in [1.54, 1.807) is 0 Å². The van der Waals surface area contributed by atoms with Crippen molar-refractivity contribution < 1.29 is 4.79 Å². The predicted octanol–water partition coefficient (Wildman–Crippen LogP) is 5.24. The number of para-hydroxylation sites is 1. The summed E-state index contributed by atoms with van der Waals surface area (Å²) < 4.78 is 0. The Balaban J connectivity index is 1.26. The number of unbranched alkanes of at least 4 members (excludes halogenated alkanes) is 1. The average molecular weight is 426 g/mol. The molecule has 0 spiro atoms. The van der Waals surface area contributed by atoms with E-state index in [2.05, 4.69) is 46.3 Å². The van der Waals surface area contributed by atoms with E-state index in [0.717, 1.165) is 74.7 Å². The third kappa shape index (κ3) is 4.08. The van der Waals surface area contributed by atoms with Crippen LogP contribution in [-0.2, 0) is 10.2 Å². The van der Waals surface area contributed by atoms with Crippen LogP contribution in [0.5, 0.6) is 0 Å². The van der Waals surface area contributed by atoms with Crippen molar-refractivity contribution in [1.29, 1.82) is 0 Å². The molecule has 1 amide bonds. The molecule has 0 aliphatic carbocycles. The van der Waals surface area contributed by atoms with Crippen molar-refractivity contribution in [3.8, 4) is 0 Å². The van der Waals surface area contributed by atoms with Gasteiger partial charge in [0, 0.05) is 42.6 Å². The van der Waals surface area contributed by atoms with Gasteiger partial charge in [0.2, 0.25) is 5.91 Å². The van der Waals surface area contributed by atoms with Gasteiger partial charge < -0.3 is 10.2 Å². The number of anilines is 2. The summed E-state index contributed by atoms with van der Waals surface area (Å²) in [7, 11) is 0. The lowest BCUT2D eigenvalue weighted by atomic mass is 9.75. The molecule has 0 bridgehead atoms. The number of carbonyl (C=O) groups excluding carboxylic acids is 1. The maximum Gasteiger partial charge on any atom is 0.235 e. The predicted molar refractivity (Wildman–Crippen MR) is 126 cm³/mol. The van der Waals surface area contributed by atoms with E-state index in [9.17, 15) is 4.79 Å². The molecule has 0 saturated carbocycles. The second-order valence-electron chi connectivity index (χ2n) is 8.65. The number of aryl methyl sites for hydroxylation is 1. The second-order valence-corrected chi connectivity index (χ2v) is 9.06. The summed E-state index contributed by atoms with van der Waals surface area (Å²) >= 11 is 6.30. The molecular formula is C25H32ClN3O. The van der Waals surface area contributed by atoms with Gasteiger partial charge in [-0.1, -0.05) is 49.2 Å². The number of nitrogens with zero attached hydrogens (tertiary/aromatic N) is 2. The molecular weight excluding hydrogens is 394 g/mol. The van der Waals surface area contributed by atoms with Gasteiger partial charge in [0.25, 0.3) is 0 Å². The van der Waals surface area contributed by atoms with Crippen molar-refractivity contribution >= 4 is 28.9 Å². The molecule has 0 aromatic heterocycles. The van der Waals surface area contributed by atoms with Gasteiger partial charge in [-0.05, 0) is 62.1 Å². The zero-order chi connectivity index (χ0) is 21.1. The van der Waals surface area contributed by atoms with Gasteiger partial charge in [0.1, 0.15) is 0 Å². The summed E-state index contributed by atoms with van der Waals surface area (Å²) in [5, 5.41) is 3.94. The van der Waals surface area contributed by atoms with E-state index in [4.69, 9.17) is 11.6 Å². The van der Waals surface area contributed by atoms with Crippen LogP contribution in [0.15, 0.2) is 42.5 Å². The number of piperazine rings is 1. The van der Waals surface area contributed by atoms with Crippen molar-refractivity contribution in [2.45, 2.75) is 44.9 Å². The van der Waals surface area contributed by atoms with Crippen LogP contribution in [0, 0.1) is 6.92 Å². The van der Waals surface area contributed by atoms with E-state index < -0.39 is 0 Å². The molecule has 0 radical (unpaired) electrons. The molecule has 2 aromatic carbocycles. The third-order valence-corrected chi connectivity index (χ3v) is 7.36. The van der Waals surface area contributed by atoms with Crippen molar-refractivity contribution in [1.82, 2.24) is 4.90 Å². The fourth-order valence-electron chi connectivity index (χ4n) is 4.92. The molecule has 1 fully saturated rings. The summed E-state index contributed by atoms with van der Waals surface area (Å²) in [5.41, 5.74) is 4.18. The molecule has 5 heteroatoms. The number of nitrogens with one attached hydrogen (secondary N) is 1. The number of benzene rings is 2. The van der Waals surface area contributed by atoms with Crippen molar-refractivity contribution in [3.63, 3.8) is 0 Å². The number of fused-ring (bicyclic) bond motifs is 1. The van der Waals surface area contributed by atoms with Gasteiger partial charge in [-0.15, -0.1) is 0 Å². The lowest BCUT2D eigenvalue weighted by molar-refractivity contribution is -0.121. The van der Waals surface area contributed by atoms with Gasteiger partial charge in [-0.25, -0.2) is 0 Å². The normalized spacial score (nSPS) is 21.6. The largest absolute Gasteiger partial charge is 0.369 e. The van der Waals surface area contributed by atoms with E-state index >= 15 is 0 Å². The van der Waals surface area contributed by atoms with E-state index in [-0.39, 0.29) is 11.3 Å². The van der Waals surface area contributed by atoms with E-state index in [1.165, 1.54) is 11.3 Å². The molecule has 1 saturated heterocycles. The minimum Gasteiger partial charge on any atom is -0.369 e. The first kappa shape index (κ1) is 21.2. The first-order valence-electron chi connectivity index (χ1n) is 11.2. The van der Waals surface area contributed by atoms with Crippen molar-refractivity contribution in [3.05, 3.63) is 58.6 Å². The maximum atomic E-state index is 12.8. The van der Waals surface area contributed by atoms with Crippen LogP contribution in [0.4, 0.5) is 11.4 Å². The Morgan fingerprint density at radius 1 is 1.07 bits per heavy atom. The van der Waals surface area contributed by atoms with Crippen molar-refractivity contribution in [2.24, 2.45) is 0 Å². The minimum absolute atomic E-state index is 0.177. The van der Waals surface area contributed by atoms with Crippen LogP contribution in [0.25, 0.3) is 0 Å². The Kier molecular flexibility index (Phi) is 6.35. The van der Waals surface area contributed by atoms with Gasteiger partial charge in [-0.3, -0.25) is 9.69 Å². The van der Waals surface area contributed by atoms with Crippen LogP contribution in [-0.4, -0.2) is 43.5 Å². The highest BCUT2D eigenvalue weighted by atomic mass is 35.5. The Bertz CT molecular complexity index is 907. The average Bonchev–Trinajstić information content (AvgIpc) is 3.05. The molecule has 4 nitrogen and oxygen atoms in total. The minimum atomic E-state index is -0.347. The summed E-state index contributed by atoms with van der Waals surface area (Å²) in [5.74, 6) is 0.177. The van der Waals surface area contributed by atoms with Crippen LogP contribution >= 0.6 is 11.6 Å². The van der Waals surface area contributed by atoms with Gasteiger partial charge in [0.05, 0.1) is 5.41 Å². The maximum absolute atomic E-state index is 12.8. The van der Waals surface area contributed by atoms with Crippen LogP contribution in [0.1, 0.15) is 43.7 Å². The number of halogens is 1. The molecule has 1 atom stereocenters. The lowest BCUT2D eigenvalue weighted by Gasteiger charge is -2.36. The van der Waals surface area contributed by atoms with Gasteiger partial charge in [0.15, 0.2) is 0 Å². The number of carbonyl (C=O) groups is 1. The summed E-state index contributed by atoms with van der Waals surface area (Å²) in [6.45, 7) is 9.51. The van der Waals surface area contributed by atoms with Gasteiger partial charge >= 0.3 is 0 Å². The fraction of sp³-hybridized carbons (Fsp3) is 0.480. The number of rotatable bonds is 7. The molecule has 1 unspecified atom stereocenters. The monoisotopic (exact) mass is 425 g/mol. The lowest BCUT2D eigenvalue weighted by Crippen LogP contribution is -2.46. The zero-order valence-corrected chi connectivity index (χ0v) is 18.8. The summed E-state index contributed by atoms with van der Waals surface area (Å²) in [6, 6.07) is 14.5. The standard InChI is InChI=1S/C25H32ClN3O/c1-3-25(21-8-4-5-9-23(21)27-24(25)30)12-6-7-13-28-14-16-29(17-15-28)20-11-10-19(2)22(26)18-20/h4-5,8-11,18H,3,6-7,12-17H2,1-2H3,(H,27,30). The Labute approximate surface area is 185 Å². The van der Waals surface area contributed by atoms with Gasteiger partial charge in [-0.2, -0.15) is 0 Å². The first-order valence-corrected chi connectivity index (χ1v) is 11.6. The van der Waals surface area contributed by atoms with Crippen LogP contribution < -0.4 is 10.2 Å². The van der Waals surface area contributed by atoms with E-state index in [1.807, 2.05) is 25.1 Å². The summed E-state index contributed by atoms with van der Waals surface area (Å²) in [6.07, 6.45) is 3.98. The smallest absolute Gasteiger partial charge is 0.235 e. The molecule has 1 N–H and O–H groups in total. The van der Waals surface area contributed by atoms with Crippen molar-refractivity contribution in [2.75, 3.05) is 42.9 Å². The summed E-state index contributed by atoms with van der Waals surface area (Å²) in [4.78, 5) is 17.7. The second kappa shape index (κ2) is 8.99. The first-order chi connectivity index (χ1) is 14.5. The molecule has 160 valence electrons. The molecule has 2 aliphatic heterocycles. The number of amides is 1. The molecule has 4 rings (SSSR count). The highest BCUT2D eigenvalue weighted by Gasteiger charge is 2.44. The highest BCUT2D eigenvalue weighted by molar-refractivity contribution is 6.31. The Morgan fingerprint density at radius 3 is 2.57 bits per heavy atom. The zero-order valence-electron chi connectivity index (χ0n) is 18.1. The Morgan fingerprint density at radius 2 is 1.83 bits per heavy atom. The molecule has 2 aromatic rings. The van der Waals surface area contributed by atoms with Crippen LogP contribution in [0.2, 0.25) is 5.02 Å². The number of hydrogen-bond donors (Lipinski definition) is 1. The van der Waals surface area contributed by atoms with Crippen LogP contribution in [0.3, 0.4) is 0 Å². The third-order valence-electron chi connectivity index (χ3n) is 6.95. The molecule has 2 heterocycles. The topological polar surface area (TPSA) is 35.6 Å². The van der Waals surface area contributed by atoms with E-state index in [0.29, 0.717) is 0 Å². The fourth-order valence-corrected chi connectivity index (χ4v) is 5.09. The number of hydrogen-bond acceptors (Lipinski definition) is 3.